The summed E-state index contributed by atoms with van der Waals surface area (Å²) in [6.07, 6.45) is 5.11. The Labute approximate surface area is 155 Å². The molecular weight excluding hydrogens is 338 g/mol. The standard InChI is InChI=1S/C19H31NO6/c1-3-16(25-12-24-10-9-23-2)15-6-4-5-14-13-11-19(22)26-17(13)7-8-18(21)20(14)15/h13-17H,3-12H2,1-2H3/t13-,14+,15-,16-,17+/m1/s1. The van der Waals surface area contributed by atoms with Gasteiger partial charge in [0.15, 0.2) is 0 Å². The molecule has 3 saturated heterocycles. The average Bonchev–Trinajstić information content (AvgIpc) is 2.97. The maximum absolute atomic E-state index is 12.9. The summed E-state index contributed by atoms with van der Waals surface area (Å²) in [5.74, 6) is 0.186. The molecule has 0 saturated carbocycles. The van der Waals surface area contributed by atoms with Gasteiger partial charge in [0, 0.05) is 25.5 Å². The van der Waals surface area contributed by atoms with Crippen LogP contribution in [0.15, 0.2) is 0 Å². The minimum atomic E-state index is -0.119. The molecule has 0 spiro atoms. The van der Waals surface area contributed by atoms with Crippen LogP contribution in [0.3, 0.4) is 0 Å². The van der Waals surface area contributed by atoms with Crippen LogP contribution >= 0.6 is 0 Å². The Morgan fingerprint density at radius 1 is 1.23 bits per heavy atom. The van der Waals surface area contributed by atoms with Crippen LogP contribution in [0.25, 0.3) is 0 Å². The molecule has 0 aromatic heterocycles. The van der Waals surface area contributed by atoms with E-state index in [0.717, 1.165) is 25.7 Å². The molecule has 3 aliphatic heterocycles. The van der Waals surface area contributed by atoms with E-state index in [-0.39, 0.29) is 48.9 Å². The van der Waals surface area contributed by atoms with Gasteiger partial charge in [-0.25, -0.2) is 0 Å². The first kappa shape index (κ1) is 19.6. The molecule has 1 amide bonds. The van der Waals surface area contributed by atoms with Crippen LogP contribution in [0, 0.1) is 5.92 Å². The van der Waals surface area contributed by atoms with Crippen LogP contribution in [0.5, 0.6) is 0 Å². The smallest absolute Gasteiger partial charge is 0.306 e. The van der Waals surface area contributed by atoms with Gasteiger partial charge in [0.1, 0.15) is 12.9 Å². The molecule has 26 heavy (non-hydrogen) atoms. The van der Waals surface area contributed by atoms with Crippen molar-refractivity contribution in [3.63, 3.8) is 0 Å². The number of hydrogen-bond acceptors (Lipinski definition) is 6. The van der Waals surface area contributed by atoms with Gasteiger partial charge in [0.2, 0.25) is 5.91 Å². The van der Waals surface area contributed by atoms with Crippen molar-refractivity contribution in [2.24, 2.45) is 5.92 Å². The number of carbonyl (C=O) groups is 2. The summed E-state index contributed by atoms with van der Waals surface area (Å²) < 4.78 is 21.9. The van der Waals surface area contributed by atoms with Gasteiger partial charge in [0.25, 0.3) is 0 Å². The predicted molar refractivity (Wildman–Crippen MR) is 93.4 cm³/mol. The highest BCUT2D eigenvalue weighted by Crippen LogP contribution is 2.41. The number of amides is 1. The lowest BCUT2D eigenvalue weighted by atomic mass is 9.82. The fourth-order valence-electron chi connectivity index (χ4n) is 4.73. The maximum atomic E-state index is 12.9. The lowest BCUT2D eigenvalue weighted by Gasteiger charge is -2.46. The monoisotopic (exact) mass is 369 g/mol. The number of methoxy groups -OCH3 is 1. The van der Waals surface area contributed by atoms with E-state index >= 15 is 0 Å². The van der Waals surface area contributed by atoms with Crippen LogP contribution in [0.2, 0.25) is 0 Å². The second kappa shape index (κ2) is 9.15. The lowest BCUT2D eigenvalue weighted by Crippen LogP contribution is -2.57. The Kier molecular flexibility index (Phi) is 6.89. The van der Waals surface area contributed by atoms with Crippen molar-refractivity contribution in [3.8, 4) is 0 Å². The third-order valence-corrected chi connectivity index (χ3v) is 5.93. The van der Waals surface area contributed by atoms with Gasteiger partial charge in [-0.05, 0) is 32.1 Å². The predicted octanol–water partition coefficient (Wildman–Crippen LogP) is 1.88. The Balaban J connectivity index is 1.68. The van der Waals surface area contributed by atoms with Crippen molar-refractivity contribution in [1.82, 2.24) is 4.90 Å². The second-order valence-corrected chi connectivity index (χ2v) is 7.43. The van der Waals surface area contributed by atoms with E-state index in [2.05, 4.69) is 6.92 Å². The number of esters is 1. The van der Waals surface area contributed by atoms with Crippen molar-refractivity contribution in [3.05, 3.63) is 0 Å². The molecule has 0 radical (unpaired) electrons. The van der Waals surface area contributed by atoms with Gasteiger partial charge in [-0.1, -0.05) is 6.92 Å². The van der Waals surface area contributed by atoms with Crippen LogP contribution < -0.4 is 0 Å². The molecule has 0 N–H and O–H groups in total. The highest BCUT2D eigenvalue weighted by atomic mass is 16.7. The number of piperidine rings is 1. The molecule has 0 bridgehead atoms. The zero-order valence-corrected chi connectivity index (χ0v) is 15.9. The first-order valence-electron chi connectivity index (χ1n) is 9.84. The highest BCUT2D eigenvalue weighted by molar-refractivity contribution is 5.79. The van der Waals surface area contributed by atoms with E-state index in [4.69, 9.17) is 18.9 Å². The Bertz CT molecular complexity index is 498. The molecule has 5 atom stereocenters. The van der Waals surface area contributed by atoms with E-state index in [9.17, 15) is 9.59 Å². The number of ether oxygens (including phenoxy) is 4. The average molecular weight is 369 g/mol. The molecule has 3 fully saturated rings. The quantitative estimate of drug-likeness (QED) is 0.369. The van der Waals surface area contributed by atoms with Gasteiger partial charge in [-0.3, -0.25) is 9.59 Å². The third-order valence-electron chi connectivity index (χ3n) is 5.93. The van der Waals surface area contributed by atoms with Crippen molar-refractivity contribution in [2.45, 2.75) is 76.2 Å². The number of fused-ring (bicyclic) bond motifs is 3. The summed E-state index contributed by atoms with van der Waals surface area (Å²) in [5, 5.41) is 0. The van der Waals surface area contributed by atoms with Gasteiger partial charge in [0.05, 0.1) is 31.8 Å². The summed E-state index contributed by atoms with van der Waals surface area (Å²) in [6.45, 7) is 3.31. The van der Waals surface area contributed by atoms with E-state index in [0.29, 0.717) is 32.5 Å². The van der Waals surface area contributed by atoms with E-state index in [1.165, 1.54) is 0 Å². The first-order chi connectivity index (χ1) is 12.7. The highest BCUT2D eigenvalue weighted by Gasteiger charge is 2.49. The largest absolute Gasteiger partial charge is 0.462 e. The van der Waals surface area contributed by atoms with Crippen LogP contribution in [-0.4, -0.2) is 68.2 Å². The van der Waals surface area contributed by atoms with E-state index < -0.39 is 0 Å². The molecule has 0 unspecified atom stereocenters. The van der Waals surface area contributed by atoms with Gasteiger partial charge < -0.3 is 23.8 Å². The molecule has 7 heteroatoms. The Morgan fingerprint density at radius 3 is 2.85 bits per heavy atom. The third kappa shape index (κ3) is 4.21. The number of carbonyl (C=O) groups excluding carboxylic acids is 2. The maximum Gasteiger partial charge on any atom is 0.306 e. The number of hydrogen-bond donors (Lipinski definition) is 0. The van der Waals surface area contributed by atoms with Gasteiger partial charge in [-0.2, -0.15) is 0 Å². The molecule has 3 aliphatic rings. The van der Waals surface area contributed by atoms with Crippen LogP contribution in [0.4, 0.5) is 0 Å². The number of rotatable bonds is 8. The van der Waals surface area contributed by atoms with E-state index in [1.54, 1.807) is 7.11 Å². The lowest BCUT2D eigenvalue weighted by molar-refractivity contribution is -0.155. The van der Waals surface area contributed by atoms with Gasteiger partial charge in [-0.15, -0.1) is 0 Å². The fourth-order valence-corrected chi connectivity index (χ4v) is 4.73. The zero-order chi connectivity index (χ0) is 18.5. The molecule has 3 rings (SSSR count). The first-order valence-corrected chi connectivity index (χ1v) is 9.84. The summed E-state index contributed by atoms with van der Waals surface area (Å²) in [7, 11) is 1.64. The van der Waals surface area contributed by atoms with Crippen molar-refractivity contribution >= 4 is 11.9 Å². The molecule has 7 nitrogen and oxygen atoms in total. The van der Waals surface area contributed by atoms with Crippen molar-refractivity contribution in [1.29, 1.82) is 0 Å². The second-order valence-electron chi connectivity index (χ2n) is 7.43. The molecule has 0 aromatic rings. The van der Waals surface area contributed by atoms with Crippen molar-refractivity contribution in [2.75, 3.05) is 27.1 Å². The number of nitrogens with zero attached hydrogens (tertiary/aromatic N) is 1. The van der Waals surface area contributed by atoms with Crippen molar-refractivity contribution < 1.29 is 28.5 Å². The normalized spacial score (nSPS) is 32.6. The molecule has 3 heterocycles. The Hall–Kier alpha value is -1.18. The molecule has 0 aliphatic carbocycles. The summed E-state index contributed by atoms with van der Waals surface area (Å²) in [5.41, 5.74) is 0. The molecule has 148 valence electrons. The zero-order valence-electron chi connectivity index (χ0n) is 15.9. The minimum Gasteiger partial charge on any atom is -0.462 e. The summed E-state index contributed by atoms with van der Waals surface area (Å²) >= 11 is 0. The SMILES string of the molecule is CC[C@@H](OCOCCOC)[C@H]1CCC[C@H]2[C@H]3CC(=O)O[C@H]3CCC(=O)N12. The minimum absolute atomic E-state index is 0.0479. The van der Waals surface area contributed by atoms with Crippen LogP contribution in [0.1, 0.15) is 51.9 Å². The fraction of sp³-hybridized carbons (Fsp3) is 0.895. The van der Waals surface area contributed by atoms with E-state index in [1.807, 2.05) is 4.90 Å². The molecule has 0 aromatic carbocycles. The summed E-state index contributed by atoms with van der Waals surface area (Å²) in [4.78, 5) is 26.7. The molecular formula is C19H31NO6. The van der Waals surface area contributed by atoms with Crippen LogP contribution in [-0.2, 0) is 28.5 Å². The summed E-state index contributed by atoms with van der Waals surface area (Å²) in [6, 6.07) is 0.138. The topological polar surface area (TPSA) is 74.3 Å². The van der Waals surface area contributed by atoms with Gasteiger partial charge >= 0.3 is 5.97 Å². The Morgan fingerprint density at radius 2 is 2.08 bits per heavy atom.